The van der Waals surface area contributed by atoms with E-state index in [-0.39, 0.29) is 12.3 Å². The number of nitrogens with one attached hydrogen (secondary N) is 1. The van der Waals surface area contributed by atoms with Crippen LogP contribution >= 0.6 is 11.6 Å². The Bertz CT molecular complexity index is 1240. The van der Waals surface area contributed by atoms with Gasteiger partial charge >= 0.3 is 0 Å². The minimum Gasteiger partial charge on any atom is -0.493 e. The predicted octanol–water partition coefficient (Wildman–Crippen LogP) is 5.16. The molecule has 0 unspecified atom stereocenters. The second-order valence-electron chi connectivity index (χ2n) is 7.07. The highest BCUT2D eigenvalue weighted by Gasteiger charge is 2.11. The monoisotopic (exact) mass is 495 g/mol. The maximum Gasteiger partial charge on any atom is 0.271 e. The number of carbonyl (C=O) groups excluding carboxylic acids is 1. The lowest BCUT2D eigenvalue weighted by Gasteiger charge is -2.10. The molecular formula is C25H22ClN3O6. The van der Waals surface area contributed by atoms with Crippen molar-refractivity contribution < 1.29 is 23.9 Å². The van der Waals surface area contributed by atoms with E-state index >= 15 is 0 Å². The highest BCUT2D eigenvalue weighted by atomic mass is 35.5. The van der Waals surface area contributed by atoms with E-state index in [1.807, 2.05) is 0 Å². The topological polar surface area (TPSA) is 112 Å². The van der Waals surface area contributed by atoms with E-state index in [0.29, 0.717) is 40.0 Å². The number of nitro benzene ring substituents is 1. The molecule has 0 aliphatic heterocycles. The number of hydrazone groups is 1. The van der Waals surface area contributed by atoms with E-state index in [2.05, 4.69) is 17.1 Å². The molecule has 0 atom stereocenters. The molecule has 0 saturated heterocycles. The number of hydrogen-bond donors (Lipinski definition) is 1. The third-order valence-corrected chi connectivity index (χ3v) is 4.96. The summed E-state index contributed by atoms with van der Waals surface area (Å²) in [6.07, 6.45) is 3.06. The molecule has 3 aromatic carbocycles. The molecule has 0 heterocycles. The maximum absolute atomic E-state index is 12.4. The van der Waals surface area contributed by atoms with Gasteiger partial charge in [-0.15, -0.1) is 0 Å². The fraction of sp³-hybridized carbons (Fsp3) is 0.120. The van der Waals surface area contributed by atoms with Gasteiger partial charge in [0.1, 0.15) is 19.0 Å². The molecule has 3 aromatic rings. The largest absolute Gasteiger partial charge is 0.493 e. The molecule has 9 nitrogen and oxygen atoms in total. The van der Waals surface area contributed by atoms with Gasteiger partial charge < -0.3 is 14.2 Å². The second kappa shape index (κ2) is 12.2. The molecular weight excluding hydrogens is 474 g/mol. The molecule has 0 aliphatic rings. The molecule has 0 aliphatic carbocycles. The van der Waals surface area contributed by atoms with Gasteiger partial charge in [0.15, 0.2) is 11.5 Å². The third kappa shape index (κ3) is 7.05. The Kier molecular flexibility index (Phi) is 8.80. The summed E-state index contributed by atoms with van der Waals surface area (Å²) >= 11 is 6.29. The highest BCUT2D eigenvalue weighted by molar-refractivity contribution is 6.32. The van der Waals surface area contributed by atoms with Crippen molar-refractivity contribution in [2.45, 2.75) is 6.61 Å². The molecule has 0 bridgehead atoms. The van der Waals surface area contributed by atoms with Crippen molar-refractivity contribution in [3.05, 3.63) is 105 Å². The first kappa shape index (κ1) is 25.3. The first-order valence-electron chi connectivity index (χ1n) is 10.3. The molecule has 1 N–H and O–H groups in total. The van der Waals surface area contributed by atoms with Crippen LogP contribution in [0.4, 0.5) is 5.69 Å². The van der Waals surface area contributed by atoms with Gasteiger partial charge in [-0.2, -0.15) is 5.10 Å². The van der Waals surface area contributed by atoms with Crippen molar-refractivity contribution in [2.75, 3.05) is 13.7 Å². The van der Waals surface area contributed by atoms with Crippen molar-refractivity contribution in [2.24, 2.45) is 5.10 Å². The highest BCUT2D eigenvalue weighted by Crippen LogP contribution is 2.28. The predicted molar refractivity (Wildman–Crippen MR) is 133 cm³/mol. The number of rotatable bonds is 11. The normalized spacial score (nSPS) is 10.6. The number of halogens is 1. The van der Waals surface area contributed by atoms with Crippen LogP contribution in [0.3, 0.4) is 0 Å². The zero-order chi connectivity index (χ0) is 25.2. The zero-order valence-corrected chi connectivity index (χ0v) is 19.5. The summed E-state index contributed by atoms with van der Waals surface area (Å²) in [6, 6.07) is 15.9. The van der Waals surface area contributed by atoms with Crippen LogP contribution < -0.4 is 19.6 Å². The minimum absolute atomic E-state index is 0.0104. The van der Waals surface area contributed by atoms with Crippen LogP contribution in [0.5, 0.6) is 17.2 Å². The molecule has 0 radical (unpaired) electrons. The molecule has 1 amide bonds. The summed E-state index contributed by atoms with van der Waals surface area (Å²) < 4.78 is 16.4. The lowest BCUT2D eigenvalue weighted by molar-refractivity contribution is -0.384. The van der Waals surface area contributed by atoms with Gasteiger partial charge in [-0.05, 0) is 59.7 Å². The lowest BCUT2D eigenvalue weighted by atomic mass is 10.2. The molecule has 3 rings (SSSR count). The number of ether oxygens (including phenoxy) is 3. The Morgan fingerprint density at radius 3 is 2.49 bits per heavy atom. The summed E-state index contributed by atoms with van der Waals surface area (Å²) in [5, 5.41) is 15.1. The van der Waals surface area contributed by atoms with Gasteiger partial charge in [0, 0.05) is 17.7 Å². The fourth-order valence-corrected chi connectivity index (χ4v) is 3.14. The Morgan fingerprint density at radius 1 is 1.09 bits per heavy atom. The Labute approximate surface area is 206 Å². The van der Waals surface area contributed by atoms with E-state index in [4.69, 9.17) is 25.8 Å². The summed E-state index contributed by atoms with van der Waals surface area (Å²) in [6.45, 7) is 4.11. The Hall–Kier alpha value is -4.37. The van der Waals surface area contributed by atoms with Crippen molar-refractivity contribution in [3.8, 4) is 17.2 Å². The first-order chi connectivity index (χ1) is 16.9. The van der Waals surface area contributed by atoms with Crippen LogP contribution in [0.1, 0.15) is 21.5 Å². The summed E-state index contributed by atoms with van der Waals surface area (Å²) in [4.78, 5) is 22.7. The Balaban J connectivity index is 1.57. The molecule has 0 fully saturated rings. The Morgan fingerprint density at radius 2 is 1.83 bits per heavy atom. The van der Waals surface area contributed by atoms with Crippen LogP contribution in [0, 0.1) is 10.1 Å². The van der Waals surface area contributed by atoms with Crippen LogP contribution in [0.25, 0.3) is 0 Å². The summed E-state index contributed by atoms with van der Waals surface area (Å²) in [5.74, 6) is 0.929. The van der Waals surface area contributed by atoms with Gasteiger partial charge in [0.2, 0.25) is 0 Å². The van der Waals surface area contributed by atoms with E-state index in [0.717, 1.165) is 5.56 Å². The van der Waals surface area contributed by atoms with Crippen LogP contribution in [-0.4, -0.2) is 30.8 Å². The number of non-ortho nitro benzene ring substituents is 1. The van der Waals surface area contributed by atoms with E-state index in [1.165, 1.54) is 25.5 Å². The maximum atomic E-state index is 12.4. The summed E-state index contributed by atoms with van der Waals surface area (Å²) in [5.41, 5.74) is 4.21. The van der Waals surface area contributed by atoms with Crippen LogP contribution in [-0.2, 0) is 6.61 Å². The van der Waals surface area contributed by atoms with Gasteiger partial charge in [0.05, 0.1) is 23.3 Å². The number of nitrogens with zero attached hydrogens (tertiary/aromatic N) is 2. The SMILES string of the molecule is C=CCOc1ccc(C(=O)N/N=C/c2ccc(OCc3ccc([N+](=O)[O-])cc3)c(Cl)c2)cc1OC. The van der Waals surface area contributed by atoms with Gasteiger partial charge in [0.25, 0.3) is 11.6 Å². The average molecular weight is 496 g/mol. The second-order valence-corrected chi connectivity index (χ2v) is 7.47. The van der Waals surface area contributed by atoms with Crippen LogP contribution in [0.15, 0.2) is 78.4 Å². The molecule has 180 valence electrons. The average Bonchev–Trinajstić information content (AvgIpc) is 2.87. The quantitative estimate of drug-likeness (QED) is 0.170. The number of methoxy groups -OCH3 is 1. The van der Waals surface area contributed by atoms with Crippen molar-refractivity contribution in [1.29, 1.82) is 0 Å². The van der Waals surface area contributed by atoms with Crippen molar-refractivity contribution >= 4 is 29.4 Å². The van der Waals surface area contributed by atoms with E-state index in [1.54, 1.807) is 54.6 Å². The number of amides is 1. The molecule has 0 spiro atoms. The molecule has 10 heteroatoms. The first-order valence-corrected chi connectivity index (χ1v) is 10.7. The lowest BCUT2D eigenvalue weighted by Crippen LogP contribution is -2.17. The standard InChI is InChI=1S/C25H22ClN3O6/c1-3-12-34-23-11-7-19(14-24(23)33-2)25(30)28-27-15-18-6-10-22(21(26)13-18)35-16-17-4-8-20(9-5-17)29(31)32/h3-11,13-15H,1,12,16H2,2H3,(H,28,30)/b27-15+. The number of carbonyl (C=O) groups is 1. The van der Waals surface area contributed by atoms with Crippen molar-refractivity contribution in [3.63, 3.8) is 0 Å². The van der Waals surface area contributed by atoms with Gasteiger partial charge in [-0.1, -0.05) is 24.3 Å². The van der Waals surface area contributed by atoms with E-state index in [9.17, 15) is 14.9 Å². The minimum atomic E-state index is -0.461. The number of nitro groups is 1. The van der Waals surface area contributed by atoms with Gasteiger partial charge in [-0.3, -0.25) is 14.9 Å². The summed E-state index contributed by atoms with van der Waals surface area (Å²) in [7, 11) is 1.49. The molecule has 35 heavy (non-hydrogen) atoms. The zero-order valence-electron chi connectivity index (χ0n) is 18.8. The molecule has 0 saturated carbocycles. The van der Waals surface area contributed by atoms with E-state index < -0.39 is 10.8 Å². The van der Waals surface area contributed by atoms with Crippen molar-refractivity contribution in [1.82, 2.24) is 5.43 Å². The number of hydrogen-bond acceptors (Lipinski definition) is 7. The third-order valence-electron chi connectivity index (χ3n) is 4.66. The fourth-order valence-electron chi connectivity index (χ4n) is 2.90. The van der Waals surface area contributed by atoms with Gasteiger partial charge in [-0.25, -0.2) is 5.43 Å². The number of benzene rings is 3. The molecule has 0 aromatic heterocycles. The van der Waals surface area contributed by atoms with Crippen LogP contribution in [0.2, 0.25) is 5.02 Å². The smallest absolute Gasteiger partial charge is 0.271 e.